The molecule has 2 saturated heterocycles. The number of hydrogen-bond donors (Lipinski definition) is 2. The van der Waals surface area contributed by atoms with E-state index in [-0.39, 0.29) is 29.7 Å². The molecular weight excluding hydrogens is 320 g/mol. The zero-order valence-electron chi connectivity index (χ0n) is 15.7. The van der Waals surface area contributed by atoms with E-state index in [4.69, 9.17) is 5.73 Å². The van der Waals surface area contributed by atoms with Crippen molar-refractivity contribution in [3.05, 3.63) is 0 Å². The van der Waals surface area contributed by atoms with Crippen molar-refractivity contribution in [2.75, 3.05) is 26.2 Å². The summed E-state index contributed by atoms with van der Waals surface area (Å²) in [6.07, 6.45) is 2.40. The quantitative estimate of drug-likeness (QED) is 0.745. The van der Waals surface area contributed by atoms with Gasteiger partial charge in [0.25, 0.3) is 0 Å². The monoisotopic (exact) mass is 352 g/mol. The fourth-order valence-corrected chi connectivity index (χ4v) is 3.74. The van der Waals surface area contributed by atoms with Crippen LogP contribution in [-0.2, 0) is 14.4 Å². The van der Waals surface area contributed by atoms with Gasteiger partial charge in [-0.05, 0) is 32.1 Å². The highest BCUT2D eigenvalue weighted by atomic mass is 16.2. The molecule has 7 nitrogen and oxygen atoms in total. The van der Waals surface area contributed by atoms with E-state index in [1.165, 1.54) is 0 Å². The SMILES string of the molecule is CCNC(=O)C1CC(N)CN1C(=O)C1CCN(C(=O)CC(C)C)CC1. The van der Waals surface area contributed by atoms with E-state index in [0.717, 1.165) is 0 Å². The highest BCUT2D eigenvalue weighted by Gasteiger charge is 2.41. The zero-order chi connectivity index (χ0) is 18.6. The summed E-state index contributed by atoms with van der Waals surface area (Å²) in [5.74, 6) is 0.291. The van der Waals surface area contributed by atoms with Gasteiger partial charge in [0, 0.05) is 44.6 Å². The lowest BCUT2D eigenvalue weighted by Crippen LogP contribution is -2.50. The molecule has 0 saturated carbocycles. The van der Waals surface area contributed by atoms with Crippen molar-refractivity contribution in [3.63, 3.8) is 0 Å². The summed E-state index contributed by atoms with van der Waals surface area (Å²) in [5, 5.41) is 2.79. The van der Waals surface area contributed by atoms with Crippen LogP contribution < -0.4 is 11.1 Å². The fourth-order valence-electron chi connectivity index (χ4n) is 3.74. The molecule has 2 aliphatic rings. The number of amides is 3. The van der Waals surface area contributed by atoms with Crippen LogP contribution in [0.5, 0.6) is 0 Å². The Morgan fingerprint density at radius 2 is 1.84 bits per heavy atom. The lowest BCUT2D eigenvalue weighted by Gasteiger charge is -2.35. The first-order valence-corrected chi connectivity index (χ1v) is 9.45. The first-order chi connectivity index (χ1) is 11.8. The number of likely N-dealkylation sites (N-methyl/N-ethyl adjacent to an activating group) is 1. The van der Waals surface area contributed by atoms with E-state index in [1.807, 2.05) is 25.7 Å². The van der Waals surface area contributed by atoms with Gasteiger partial charge in [0.15, 0.2) is 0 Å². The predicted octanol–water partition coefficient (Wildman–Crippen LogP) is 0.335. The van der Waals surface area contributed by atoms with Crippen molar-refractivity contribution in [2.45, 2.75) is 58.5 Å². The Morgan fingerprint density at radius 1 is 1.20 bits per heavy atom. The van der Waals surface area contributed by atoms with Crippen molar-refractivity contribution < 1.29 is 14.4 Å². The van der Waals surface area contributed by atoms with Crippen molar-refractivity contribution in [3.8, 4) is 0 Å². The summed E-state index contributed by atoms with van der Waals surface area (Å²) in [6, 6.07) is -0.604. The lowest BCUT2D eigenvalue weighted by atomic mass is 9.94. The Morgan fingerprint density at radius 3 is 2.40 bits per heavy atom. The summed E-state index contributed by atoms with van der Waals surface area (Å²) in [5.41, 5.74) is 6.00. The second kappa shape index (κ2) is 8.65. The van der Waals surface area contributed by atoms with E-state index >= 15 is 0 Å². The Kier molecular flexibility index (Phi) is 6.81. The topological polar surface area (TPSA) is 95.7 Å². The van der Waals surface area contributed by atoms with E-state index in [2.05, 4.69) is 5.32 Å². The number of nitrogens with one attached hydrogen (secondary N) is 1. The van der Waals surface area contributed by atoms with E-state index in [0.29, 0.717) is 57.8 Å². The summed E-state index contributed by atoms with van der Waals surface area (Å²) in [6.45, 7) is 8.15. The van der Waals surface area contributed by atoms with Crippen molar-refractivity contribution in [1.82, 2.24) is 15.1 Å². The molecule has 0 aromatic carbocycles. The van der Waals surface area contributed by atoms with Crippen LogP contribution in [-0.4, -0.2) is 65.8 Å². The predicted molar refractivity (Wildman–Crippen MR) is 95.5 cm³/mol. The Bertz CT molecular complexity index is 501. The van der Waals surface area contributed by atoms with Gasteiger partial charge in [-0.2, -0.15) is 0 Å². The maximum Gasteiger partial charge on any atom is 0.242 e. The molecule has 25 heavy (non-hydrogen) atoms. The van der Waals surface area contributed by atoms with Crippen LogP contribution in [0.4, 0.5) is 0 Å². The van der Waals surface area contributed by atoms with Gasteiger partial charge in [0.2, 0.25) is 17.7 Å². The summed E-state index contributed by atoms with van der Waals surface area (Å²) >= 11 is 0. The van der Waals surface area contributed by atoms with E-state index in [1.54, 1.807) is 4.90 Å². The Labute approximate surface area is 150 Å². The molecule has 3 N–H and O–H groups in total. The minimum atomic E-state index is -0.456. The average Bonchev–Trinajstić information content (AvgIpc) is 2.96. The zero-order valence-corrected chi connectivity index (χ0v) is 15.7. The molecule has 2 fully saturated rings. The third-order valence-electron chi connectivity index (χ3n) is 5.05. The molecule has 0 aromatic heterocycles. The summed E-state index contributed by atoms with van der Waals surface area (Å²) < 4.78 is 0. The van der Waals surface area contributed by atoms with Gasteiger partial charge in [0.05, 0.1) is 0 Å². The van der Waals surface area contributed by atoms with Crippen LogP contribution in [0.3, 0.4) is 0 Å². The standard InChI is InChI=1S/C18H32N4O3/c1-4-20-17(24)15-10-14(19)11-22(15)18(25)13-5-7-21(8-6-13)16(23)9-12(2)3/h12-15H,4-11,19H2,1-3H3,(H,20,24). The molecule has 0 aliphatic carbocycles. The summed E-state index contributed by atoms with van der Waals surface area (Å²) in [7, 11) is 0. The molecule has 3 amide bonds. The van der Waals surface area contributed by atoms with Crippen molar-refractivity contribution in [1.29, 1.82) is 0 Å². The second-order valence-corrected chi connectivity index (χ2v) is 7.65. The first kappa shape index (κ1) is 19.7. The van der Waals surface area contributed by atoms with Gasteiger partial charge in [-0.3, -0.25) is 14.4 Å². The van der Waals surface area contributed by atoms with Crippen LogP contribution in [0.2, 0.25) is 0 Å². The van der Waals surface area contributed by atoms with Crippen LogP contribution in [0.15, 0.2) is 0 Å². The molecule has 0 bridgehead atoms. The van der Waals surface area contributed by atoms with Crippen LogP contribution >= 0.6 is 0 Å². The van der Waals surface area contributed by atoms with Crippen LogP contribution in [0.25, 0.3) is 0 Å². The second-order valence-electron chi connectivity index (χ2n) is 7.65. The normalized spacial score (nSPS) is 24.7. The number of nitrogens with two attached hydrogens (primary N) is 1. The summed E-state index contributed by atoms with van der Waals surface area (Å²) in [4.78, 5) is 40.8. The van der Waals surface area contributed by atoms with E-state index in [9.17, 15) is 14.4 Å². The highest BCUT2D eigenvalue weighted by molar-refractivity contribution is 5.89. The van der Waals surface area contributed by atoms with Gasteiger partial charge < -0.3 is 20.9 Å². The molecule has 0 spiro atoms. The number of nitrogens with zero attached hydrogens (tertiary/aromatic N) is 2. The van der Waals surface area contributed by atoms with Gasteiger partial charge in [-0.1, -0.05) is 13.8 Å². The average molecular weight is 352 g/mol. The number of carbonyl (C=O) groups excluding carboxylic acids is 3. The van der Waals surface area contributed by atoms with Crippen molar-refractivity contribution in [2.24, 2.45) is 17.6 Å². The Hall–Kier alpha value is -1.63. The molecule has 2 heterocycles. The molecule has 7 heteroatoms. The molecule has 2 rings (SSSR count). The Balaban J connectivity index is 1.92. The highest BCUT2D eigenvalue weighted by Crippen LogP contribution is 2.25. The number of carbonyl (C=O) groups is 3. The lowest BCUT2D eigenvalue weighted by molar-refractivity contribution is -0.144. The molecular formula is C18H32N4O3. The third-order valence-corrected chi connectivity index (χ3v) is 5.05. The third kappa shape index (κ3) is 4.93. The number of rotatable bonds is 5. The maximum atomic E-state index is 12.9. The largest absolute Gasteiger partial charge is 0.355 e. The van der Waals surface area contributed by atoms with Gasteiger partial charge in [-0.25, -0.2) is 0 Å². The molecule has 2 atom stereocenters. The van der Waals surface area contributed by atoms with E-state index < -0.39 is 6.04 Å². The van der Waals surface area contributed by atoms with Gasteiger partial charge in [0.1, 0.15) is 6.04 Å². The van der Waals surface area contributed by atoms with Crippen molar-refractivity contribution >= 4 is 17.7 Å². The molecule has 0 radical (unpaired) electrons. The fraction of sp³-hybridized carbons (Fsp3) is 0.833. The molecule has 2 aliphatic heterocycles. The maximum absolute atomic E-state index is 12.9. The number of piperidine rings is 1. The van der Waals surface area contributed by atoms with Gasteiger partial charge >= 0.3 is 0 Å². The first-order valence-electron chi connectivity index (χ1n) is 9.45. The minimum Gasteiger partial charge on any atom is -0.355 e. The molecule has 2 unspecified atom stereocenters. The van der Waals surface area contributed by atoms with Gasteiger partial charge in [-0.15, -0.1) is 0 Å². The molecule has 142 valence electrons. The van der Waals surface area contributed by atoms with Crippen LogP contribution in [0.1, 0.15) is 46.5 Å². The minimum absolute atomic E-state index is 0.0140. The number of hydrogen-bond acceptors (Lipinski definition) is 4. The van der Waals surface area contributed by atoms with Crippen LogP contribution in [0, 0.1) is 11.8 Å². The molecule has 0 aromatic rings. The number of likely N-dealkylation sites (tertiary alicyclic amines) is 2. The smallest absolute Gasteiger partial charge is 0.242 e.